The monoisotopic (exact) mass is 588 g/mol. The van der Waals surface area contributed by atoms with Gasteiger partial charge >= 0.3 is 23.8 Å². The van der Waals surface area contributed by atoms with Crippen molar-refractivity contribution in [1.29, 1.82) is 0 Å². The van der Waals surface area contributed by atoms with Crippen molar-refractivity contribution >= 4 is 18.1 Å². The van der Waals surface area contributed by atoms with Gasteiger partial charge < -0.3 is 28.8 Å². The predicted molar refractivity (Wildman–Crippen MR) is 141 cm³/mol. The first-order valence-electron chi connectivity index (χ1n) is 14.1. The summed E-state index contributed by atoms with van der Waals surface area (Å²) in [7, 11) is 0. The van der Waals surface area contributed by atoms with Crippen LogP contribution in [-0.4, -0.2) is 63.9 Å². The molecule has 1 N–H and O–H groups in total. The Morgan fingerprint density at radius 1 is 0.976 bits per heavy atom. The van der Waals surface area contributed by atoms with Crippen LogP contribution in [-0.2, 0) is 40.0 Å². The SMILES string of the molecule is CCCCCCC(=O)OCn1c(=O)c(F)cn([C@H]2C[C@@](O)(C(=O)OCCCC)[C@@H](COC(=O)OCCCC)O2)c1=O. The van der Waals surface area contributed by atoms with E-state index in [1.54, 1.807) is 0 Å². The number of aromatic nitrogens is 2. The molecule has 1 aromatic rings. The molecule has 3 atom stereocenters. The van der Waals surface area contributed by atoms with E-state index in [-0.39, 0.29) is 19.6 Å². The quantitative estimate of drug-likeness (QED) is 0.162. The zero-order valence-corrected chi connectivity index (χ0v) is 23.9. The van der Waals surface area contributed by atoms with Crippen molar-refractivity contribution in [2.24, 2.45) is 0 Å². The highest BCUT2D eigenvalue weighted by molar-refractivity contribution is 5.80. The third kappa shape index (κ3) is 9.66. The van der Waals surface area contributed by atoms with Crippen molar-refractivity contribution < 1.29 is 47.6 Å². The Bertz CT molecular complexity index is 1140. The lowest BCUT2D eigenvalue weighted by molar-refractivity contribution is -0.174. The van der Waals surface area contributed by atoms with Crippen LogP contribution in [0.5, 0.6) is 0 Å². The van der Waals surface area contributed by atoms with Crippen LogP contribution in [0.2, 0.25) is 0 Å². The lowest BCUT2D eigenvalue weighted by atomic mass is 9.95. The Labute approximate surface area is 237 Å². The van der Waals surface area contributed by atoms with Crippen LogP contribution in [0.25, 0.3) is 0 Å². The molecule has 1 aliphatic heterocycles. The Balaban J connectivity index is 2.25. The molecule has 0 radical (unpaired) electrons. The number of halogens is 1. The minimum absolute atomic E-state index is 0.00177. The summed E-state index contributed by atoms with van der Waals surface area (Å²) in [6.45, 7) is 4.41. The smallest absolute Gasteiger partial charge is 0.463 e. The van der Waals surface area contributed by atoms with E-state index in [9.17, 15) is 33.5 Å². The van der Waals surface area contributed by atoms with Gasteiger partial charge in [-0.2, -0.15) is 4.39 Å². The van der Waals surface area contributed by atoms with Gasteiger partial charge in [0.25, 0.3) is 5.56 Å². The maximum absolute atomic E-state index is 14.6. The molecular formula is C27H41FN2O11. The standard InChI is InChI=1S/C27H41FN2O11/c1-4-7-10-11-12-22(31)40-18-30-23(32)19(28)16-29(25(30)34)21-15-27(36,24(33)37-13-8-5-2)20(41-21)17-39-26(35)38-14-9-6-3/h16,20-21,36H,4-15,17-18H2,1-3H3/t20-,21-,27+/m1/s1. The number of aliphatic hydroxyl groups is 1. The summed E-state index contributed by atoms with van der Waals surface area (Å²) in [4.78, 5) is 62.3. The van der Waals surface area contributed by atoms with Crippen molar-refractivity contribution in [3.05, 3.63) is 32.9 Å². The van der Waals surface area contributed by atoms with Crippen molar-refractivity contribution in [2.75, 3.05) is 19.8 Å². The molecule has 0 unspecified atom stereocenters. The molecule has 0 aromatic carbocycles. The van der Waals surface area contributed by atoms with E-state index < -0.39 is 72.9 Å². The van der Waals surface area contributed by atoms with Gasteiger partial charge in [-0.1, -0.05) is 52.9 Å². The summed E-state index contributed by atoms with van der Waals surface area (Å²) >= 11 is 0. The molecule has 232 valence electrons. The molecule has 0 saturated carbocycles. The lowest BCUT2D eigenvalue weighted by Gasteiger charge is -2.25. The van der Waals surface area contributed by atoms with Gasteiger partial charge in [0.2, 0.25) is 5.82 Å². The fourth-order valence-corrected chi connectivity index (χ4v) is 4.04. The molecule has 1 saturated heterocycles. The topological polar surface area (TPSA) is 162 Å². The predicted octanol–water partition coefficient (Wildman–Crippen LogP) is 2.94. The fraction of sp³-hybridized carbons (Fsp3) is 0.741. The van der Waals surface area contributed by atoms with Gasteiger partial charge in [-0.15, -0.1) is 0 Å². The molecule has 1 fully saturated rings. The first-order chi connectivity index (χ1) is 19.6. The van der Waals surface area contributed by atoms with Gasteiger partial charge in [0.1, 0.15) is 18.9 Å². The van der Waals surface area contributed by atoms with Crippen LogP contribution in [0.3, 0.4) is 0 Å². The van der Waals surface area contributed by atoms with Gasteiger partial charge in [0.15, 0.2) is 12.3 Å². The number of carbonyl (C=O) groups is 3. The molecule has 0 aliphatic carbocycles. The molecule has 2 rings (SSSR count). The van der Waals surface area contributed by atoms with Gasteiger partial charge in [-0.3, -0.25) is 14.2 Å². The third-order valence-corrected chi connectivity index (χ3v) is 6.55. The largest absolute Gasteiger partial charge is 0.508 e. The number of nitrogens with zero attached hydrogens (tertiary/aromatic N) is 2. The molecule has 2 heterocycles. The molecular weight excluding hydrogens is 547 g/mol. The number of ether oxygens (including phenoxy) is 5. The van der Waals surface area contributed by atoms with Crippen molar-refractivity contribution in [3.63, 3.8) is 0 Å². The second-order valence-electron chi connectivity index (χ2n) is 9.82. The van der Waals surface area contributed by atoms with E-state index in [2.05, 4.69) is 0 Å². The Morgan fingerprint density at radius 3 is 2.29 bits per heavy atom. The Morgan fingerprint density at radius 2 is 1.63 bits per heavy atom. The number of esters is 2. The molecule has 0 bridgehead atoms. The first kappa shape index (κ1) is 33.9. The maximum Gasteiger partial charge on any atom is 0.508 e. The summed E-state index contributed by atoms with van der Waals surface area (Å²) in [5, 5.41) is 11.3. The highest BCUT2D eigenvalue weighted by Gasteiger charge is 2.55. The van der Waals surface area contributed by atoms with E-state index in [4.69, 9.17) is 23.7 Å². The normalized spacial score (nSPS) is 20.0. The Hall–Kier alpha value is -3.26. The third-order valence-electron chi connectivity index (χ3n) is 6.55. The minimum atomic E-state index is -2.38. The number of hydrogen-bond donors (Lipinski definition) is 1. The number of rotatable bonds is 17. The van der Waals surface area contributed by atoms with Gasteiger partial charge in [-0.05, 0) is 19.3 Å². The zero-order valence-electron chi connectivity index (χ0n) is 23.9. The molecule has 41 heavy (non-hydrogen) atoms. The summed E-state index contributed by atoms with van der Waals surface area (Å²) in [6, 6.07) is 0. The van der Waals surface area contributed by atoms with Gasteiger partial charge in [0, 0.05) is 12.8 Å². The average molecular weight is 589 g/mol. The average Bonchev–Trinajstić information content (AvgIpc) is 3.29. The number of hydrogen-bond acceptors (Lipinski definition) is 11. The van der Waals surface area contributed by atoms with Gasteiger partial charge in [-0.25, -0.2) is 19.0 Å². The second kappa shape index (κ2) is 16.9. The zero-order chi connectivity index (χ0) is 30.4. The van der Waals surface area contributed by atoms with Crippen molar-refractivity contribution in [3.8, 4) is 0 Å². The van der Waals surface area contributed by atoms with Crippen LogP contribution in [0.15, 0.2) is 15.8 Å². The molecule has 1 aromatic heterocycles. The van der Waals surface area contributed by atoms with Crippen LogP contribution in [0.1, 0.15) is 91.2 Å². The second-order valence-corrected chi connectivity index (χ2v) is 9.82. The Kier molecular flexibility index (Phi) is 14.0. The maximum atomic E-state index is 14.6. The van der Waals surface area contributed by atoms with E-state index in [0.717, 1.165) is 25.7 Å². The molecule has 0 amide bonds. The van der Waals surface area contributed by atoms with Crippen LogP contribution in [0, 0.1) is 5.82 Å². The fourth-order valence-electron chi connectivity index (χ4n) is 4.04. The molecule has 0 spiro atoms. The molecule has 13 nitrogen and oxygen atoms in total. The van der Waals surface area contributed by atoms with E-state index >= 15 is 0 Å². The first-order valence-corrected chi connectivity index (χ1v) is 14.1. The van der Waals surface area contributed by atoms with Crippen LogP contribution >= 0.6 is 0 Å². The highest BCUT2D eigenvalue weighted by atomic mass is 19.1. The summed E-state index contributed by atoms with van der Waals surface area (Å²) in [5.74, 6) is -3.10. The van der Waals surface area contributed by atoms with Crippen molar-refractivity contribution in [2.45, 2.75) is 110 Å². The minimum Gasteiger partial charge on any atom is -0.463 e. The van der Waals surface area contributed by atoms with Crippen LogP contribution in [0.4, 0.5) is 9.18 Å². The van der Waals surface area contributed by atoms with E-state index in [1.807, 2.05) is 20.8 Å². The van der Waals surface area contributed by atoms with Gasteiger partial charge in [0.05, 0.1) is 19.4 Å². The molecule has 14 heteroatoms. The number of unbranched alkanes of at least 4 members (excludes halogenated alkanes) is 5. The summed E-state index contributed by atoms with van der Waals surface area (Å²) in [5.41, 5.74) is -4.82. The summed E-state index contributed by atoms with van der Waals surface area (Å²) < 4.78 is 41.4. The van der Waals surface area contributed by atoms with Crippen molar-refractivity contribution in [1.82, 2.24) is 9.13 Å². The summed E-state index contributed by atoms with van der Waals surface area (Å²) in [6.07, 6.45) is 1.89. The highest BCUT2D eigenvalue weighted by Crippen LogP contribution is 2.37. The van der Waals surface area contributed by atoms with E-state index in [0.29, 0.717) is 41.0 Å². The lowest BCUT2D eigenvalue weighted by Crippen LogP contribution is -2.49. The van der Waals surface area contributed by atoms with E-state index in [1.165, 1.54) is 0 Å². The van der Waals surface area contributed by atoms with Crippen LogP contribution < -0.4 is 11.2 Å². The number of carbonyl (C=O) groups excluding carboxylic acids is 3. The molecule has 1 aliphatic rings.